The number of benzene rings is 1. The van der Waals surface area contributed by atoms with Gasteiger partial charge in [-0.3, -0.25) is 4.98 Å². The first-order chi connectivity index (χ1) is 14.6. The summed E-state index contributed by atoms with van der Waals surface area (Å²) in [6.07, 6.45) is 9.77. The molecule has 1 aliphatic carbocycles. The number of hydrogen-bond acceptors (Lipinski definition) is 7. The lowest BCUT2D eigenvalue weighted by molar-refractivity contribution is -0.244. The Hall–Kier alpha value is -4.26. The van der Waals surface area contributed by atoms with Gasteiger partial charge < -0.3 is 20.6 Å². The number of nitrogens with one attached hydrogen (secondary N) is 2. The Bertz CT molecular complexity index is 1180. The normalized spacial score (nSPS) is 14.8. The second kappa shape index (κ2) is 8.40. The zero-order valence-corrected chi connectivity index (χ0v) is 16.2. The van der Waals surface area contributed by atoms with Gasteiger partial charge in [0.1, 0.15) is 5.75 Å². The minimum atomic E-state index is -0.251. The van der Waals surface area contributed by atoms with E-state index in [2.05, 4.69) is 20.3 Å². The van der Waals surface area contributed by atoms with Gasteiger partial charge >= 0.3 is 0 Å². The van der Waals surface area contributed by atoms with Gasteiger partial charge in [-0.1, -0.05) is 24.0 Å². The molecule has 0 aliphatic heterocycles. The largest absolute Gasteiger partial charge is 0.872 e. The van der Waals surface area contributed by atoms with Crippen LogP contribution in [0, 0.1) is 5.41 Å². The first-order valence-corrected chi connectivity index (χ1v) is 9.19. The molecule has 7 nitrogen and oxygen atoms in total. The van der Waals surface area contributed by atoms with E-state index in [1.807, 2.05) is 24.3 Å². The van der Waals surface area contributed by atoms with E-state index in [0.717, 1.165) is 11.4 Å². The molecule has 2 N–H and O–H groups in total. The van der Waals surface area contributed by atoms with Crippen LogP contribution in [0.4, 0.5) is 11.6 Å². The van der Waals surface area contributed by atoms with E-state index in [9.17, 15) is 5.11 Å². The van der Waals surface area contributed by atoms with Crippen molar-refractivity contribution in [3.05, 3.63) is 96.1 Å². The third-order valence-corrected chi connectivity index (χ3v) is 4.47. The summed E-state index contributed by atoms with van der Waals surface area (Å²) in [6.45, 7) is 0. The monoisotopic (exact) mass is 396 g/mol. The number of anilines is 2. The van der Waals surface area contributed by atoms with Crippen molar-refractivity contribution in [1.82, 2.24) is 15.0 Å². The number of hydrogen-bond donors (Lipinski definition) is 2. The molecule has 0 saturated heterocycles. The van der Waals surface area contributed by atoms with Crippen molar-refractivity contribution in [3.8, 4) is 5.75 Å². The molecule has 1 aromatic carbocycles. The van der Waals surface area contributed by atoms with E-state index in [-0.39, 0.29) is 11.5 Å². The molecule has 0 saturated carbocycles. The van der Waals surface area contributed by atoms with E-state index in [4.69, 9.17) is 10.1 Å². The van der Waals surface area contributed by atoms with Crippen LogP contribution in [0.1, 0.15) is 11.3 Å². The van der Waals surface area contributed by atoms with Gasteiger partial charge in [0.05, 0.1) is 18.5 Å². The molecule has 0 atom stereocenters. The summed E-state index contributed by atoms with van der Waals surface area (Å²) in [5.74, 6) is 0.885. The van der Waals surface area contributed by atoms with Crippen LogP contribution in [0.25, 0.3) is 11.3 Å². The number of rotatable bonds is 5. The highest BCUT2D eigenvalue weighted by Crippen LogP contribution is 2.26. The van der Waals surface area contributed by atoms with Crippen LogP contribution in [-0.4, -0.2) is 27.8 Å². The van der Waals surface area contributed by atoms with Crippen LogP contribution in [0.2, 0.25) is 0 Å². The van der Waals surface area contributed by atoms with E-state index < -0.39 is 0 Å². The number of nitrogens with zero attached hydrogens (tertiary/aromatic N) is 3. The zero-order valence-electron chi connectivity index (χ0n) is 16.2. The Morgan fingerprint density at radius 2 is 2.00 bits per heavy atom. The number of methoxy groups -OCH3 is 1. The lowest BCUT2D eigenvalue weighted by Crippen LogP contribution is -2.12. The quantitative estimate of drug-likeness (QED) is 0.641. The molecule has 0 spiro atoms. The summed E-state index contributed by atoms with van der Waals surface area (Å²) in [7, 11) is 1.61. The molecule has 1 aliphatic rings. The summed E-state index contributed by atoms with van der Waals surface area (Å²) in [5.41, 5.74) is 3.02. The predicted molar refractivity (Wildman–Crippen MR) is 114 cm³/mol. The van der Waals surface area contributed by atoms with Gasteiger partial charge in [-0.25, -0.2) is 9.97 Å². The van der Waals surface area contributed by atoms with E-state index in [1.165, 1.54) is 6.20 Å². The SMILES string of the molecule is COc1cccc(Nc2nccc(C3=C/C(=C(/[O-])c4cccnc4)C(=N)C=C3)n2)c1. The van der Waals surface area contributed by atoms with Crippen LogP contribution in [0.15, 0.2) is 84.9 Å². The van der Waals surface area contributed by atoms with Gasteiger partial charge in [0, 0.05) is 35.9 Å². The van der Waals surface area contributed by atoms with Gasteiger partial charge in [-0.2, -0.15) is 0 Å². The molecular formula is C23H18N5O2-. The second-order valence-corrected chi connectivity index (χ2v) is 6.45. The Morgan fingerprint density at radius 3 is 2.80 bits per heavy atom. The maximum atomic E-state index is 12.8. The van der Waals surface area contributed by atoms with Crippen molar-refractivity contribution < 1.29 is 9.84 Å². The standard InChI is InChI=1S/C23H19N5O2/c1-30-18-6-2-5-17(13-18)27-23-26-11-9-21(28-23)15-7-8-20(24)19(12-15)22(29)16-4-3-10-25-14-16/h2-14,24,29H,1H3,(H,26,27,28)/p-1/b22-19-,24-20?. The summed E-state index contributed by atoms with van der Waals surface area (Å²) >= 11 is 0. The molecule has 2 heterocycles. The van der Waals surface area contributed by atoms with Crippen molar-refractivity contribution in [2.24, 2.45) is 0 Å². The first-order valence-electron chi connectivity index (χ1n) is 9.19. The Labute approximate surface area is 173 Å². The topological polar surface area (TPSA) is 107 Å². The van der Waals surface area contributed by atoms with Crippen molar-refractivity contribution >= 4 is 28.7 Å². The Balaban J connectivity index is 1.66. The van der Waals surface area contributed by atoms with Gasteiger partial charge in [-0.15, -0.1) is 0 Å². The third-order valence-electron chi connectivity index (χ3n) is 4.47. The van der Waals surface area contributed by atoms with Gasteiger partial charge in [0.25, 0.3) is 0 Å². The smallest absolute Gasteiger partial charge is 0.227 e. The molecule has 2 aromatic heterocycles. The third kappa shape index (κ3) is 4.10. The van der Waals surface area contributed by atoms with Crippen LogP contribution >= 0.6 is 0 Å². The van der Waals surface area contributed by atoms with Crippen LogP contribution < -0.4 is 15.2 Å². The second-order valence-electron chi connectivity index (χ2n) is 6.45. The lowest BCUT2D eigenvalue weighted by atomic mass is 9.95. The average molecular weight is 396 g/mol. The molecule has 148 valence electrons. The minimum Gasteiger partial charge on any atom is -0.872 e. The molecule has 0 fully saturated rings. The summed E-state index contributed by atoms with van der Waals surface area (Å²) in [4.78, 5) is 12.8. The van der Waals surface area contributed by atoms with Crippen LogP contribution in [0.3, 0.4) is 0 Å². The summed E-state index contributed by atoms with van der Waals surface area (Å²) < 4.78 is 5.23. The highest BCUT2D eigenvalue weighted by Gasteiger charge is 2.12. The average Bonchev–Trinajstić information content (AvgIpc) is 2.80. The van der Waals surface area contributed by atoms with E-state index in [0.29, 0.717) is 28.4 Å². The Morgan fingerprint density at radius 1 is 1.10 bits per heavy atom. The first kappa shape index (κ1) is 19.1. The van der Waals surface area contributed by atoms with Gasteiger partial charge in [0.2, 0.25) is 5.95 Å². The fourth-order valence-electron chi connectivity index (χ4n) is 2.95. The number of pyridine rings is 1. The molecule has 7 heteroatoms. The van der Waals surface area contributed by atoms with E-state index in [1.54, 1.807) is 55.9 Å². The molecule has 0 radical (unpaired) electrons. The lowest BCUT2D eigenvalue weighted by Gasteiger charge is -2.20. The zero-order chi connectivity index (χ0) is 20.9. The highest BCUT2D eigenvalue weighted by atomic mass is 16.5. The maximum Gasteiger partial charge on any atom is 0.227 e. The molecule has 0 bridgehead atoms. The molecule has 4 rings (SSSR count). The Kier molecular flexibility index (Phi) is 5.34. The molecule has 0 amide bonds. The maximum absolute atomic E-state index is 12.8. The van der Waals surface area contributed by atoms with Crippen molar-refractivity contribution in [3.63, 3.8) is 0 Å². The van der Waals surface area contributed by atoms with Crippen LogP contribution in [0.5, 0.6) is 5.75 Å². The summed E-state index contributed by atoms with van der Waals surface area (Å²) in [5, 5.41) is 24.1. The summed E-state index contributed by atoms with van der Waals surface area (Å²) in [6, 6.07) is 12.6. The minimum absolute atomic E-state index is 0.149. The fourth-order valence-corrected chi connectivity index (χ4v) is 2.95. The van der Waals surface area contributed by atoms with Crippen molar-refractivity contribution in [2.45, 2.75) is 0 Å². The number of ether oxygens (including phenoxy) is 1. The fraction of sp³-hybridized carbons (Fsp3) is 0.0435. The van der Waals surface area contributed by atoms with Crippen molar-refractivity contribution in [2.75, 3.05) is 12.4 Å². The molecule has 3 aromatic rings. The number of aromatic nitrogens is 3. The molecular weight excluding hydrogens is 378 g/mol. The van der Waals surface area contributed by atoms with Crippen LogP contribution in [-0.2, 0) is 0 Å². The number of allylic oxidation sites excluding steroid dienone is 5. The van der Waals surface area contributed by atoms with Gasteiger partial charge in [0.15, 0.2) is 0 Å². The molecule has 0 unspecified atom stereocenters. The molecule has 30 heavy (non-hydrogen) atoms. The van der Waals surface area contributed by atoms with Crippen molar-refractivity contribution in [1.29, 1.82) is 5.41 Å². The van der Waals surface area contributed by atoms with E-state index >= 15 is 0 Å². The van der Waals surface area contributed by atoms with Gasteiger partial charge in [-0.05, 0) is 47.6 Å². The predicted octanol–water partition coefficient (Wildman–Crippen LogP) is 3.37. The highest BCUT2D eigenvalue weighted by molar-refractivity contribution is 6.16.